The Morgan fingerprint density at radius 3 is 2.72 bits per heavy atom. The van der Waals surface area contributed by atoms with Crippen molar-refractivity contribution in [3.8, 4) is 17.1 Å². The summed E-state index contributed by atoms with van der Waals surface area (Å²) in [7, 11) is -0.0375. The molecule has 1 aromatic heterocycles. The quantitative estimate of drug-likeness (QED) is 0.669. The van der Waals surface area contributed by atoms with E-state index in [0.717, 1.165) is 11.3 Å². The molecule has 10 heteroatoms. The maximum atomic E-state index is 12.8. The van der Waals surface area contributed by atoms with Gasteiger partial charge in [-0.15, -0.1) is 0 Å². The molecule has 0 spiro atoms. The first-order chi connectivity index (χ1) is 13.8. The Hall–Kier alpha value is -2.46. The van der Waals surface area contributed by atoms with Gasteiger partial charge in [-0.1, -0.05) is 5.16 Å². The van der Waals surface area contributed by atoms with Crippen LogP contribution in [0.4, 0.5) is 0 Å². The largest absolute Gasteiger partial charge is 0.497 e. The average molecular weight is 423 g/mol. The van der Waals surface area contributed by atoms with Crippen molar-refractivity contribution in [2.45, 2.75) is 26.3 Å². The topological polar surface area (TPSA) is 106 Å². The maximum Gasteiger partial charge on any atom is 0.246 e. The Labute approximate surface area is 170 Å². The molecule has 1 aromatic carbocycles. The number of aromatic nitrogens is 2. The highest BCUT2D eigenvalue weighted by molar-refractivity contribution is 7.89. The van der Waals surface area contributed by atoms with E-state index in [1.807, 2.05) is 12.1 Å². The summed E-state index contributed by atoms with van der Waals surface area (Å²) < 4.78 is 36.1. The number of piperidine rings is 1. The van der Waals surface area contributed by atoms with Crippen molar-refractivity contribution in [3.63, 3.8) is 0 Å². The number of hydrogen-bond acceptors (Lipinski definition) is 7. The van der Waals surface area contributed by atoms with Crippen molar-refractivity contribution in [2.24, 2.45) is 5.92 Å². The number of nitrogens with zero attached hydrogens (tertiary/aromatic N) is 4. The molecular formula is C19H26N4O5S. The first-order valence-corrected chi connectivity index (χ1v) is 11.1. The van der Waals surface area contributed by atoms with E-state index in [4.69, 9.17) is 9.26 Å². The Balaban J connectivity index is 1.63. The van der Waals surface area contributed by atoms with Crippen LogP contribution in [0, 0.1) is 5.92 Å². The molecule has 29 heavy (non-hydrogen) atoms. The Morgan fingerprint density at radius 1 is 1.34 bits per heavy atom. The molecule has 0 saturated carbocycles. The third-order valence-electron chi connectivity index (χ3n) is 5.06. The van der Waals surface area contributed by atoms with Gasteiger partial charge in [0, 0.05) is 25.7 Å². The lowest BCUT2D eigenvalue weighted by Crippen LogP contribution is -2.46. The molecule has 1 aliphatic heterocycles. The van der Waals surface area contributed by atoms with Crippen LogP contribution in [0.2, 0.25) is 0 Å². The average Bonchev–Trinajstić information content (AvgIpc) is 3.21. The molecule has 0 bridgehead atoms. The number of rotatable bonds is 7. The Bertz CT molecular complexity index is 942. The van der Waals surface area contributed by atoms with E-state index in [9.17, 15) is 13.2 Å². The predicted molar refractivity (Wildman–Crippen MR) is 107 cm³/mol. The Morgan fingerprint density at radius 2 is 2.07 bits per heavy atom. The third-order valence-corrected chi connectivity index (χ3v) is 6.90. The number of amides is 1. The summed E-state index contributed by atoms with van der Waals surface area (Å²) >= 11 is 0. The molecule has 3 rings (SSSR count). The minimum atomic E-state index is -3.29. The number of sulfonamides is 1. The fraction of sp³-hybridized carbons (Fsp3) is 0.526. The summed E-state index contributed by atoms with van der Waals surface area (Å²) in [5.41, 5.74) is 0.780. The van der Waals surface area contributed by atoms with Gasteiger partial charge in [0.15, 0.2) is 0 Å². The van der Waals surface area contributed by atoms with Crippen molar-refractivity contribution in [1.29, 1.82) is 0 Å². The van der Waals surface area contributed by atoms with Crippen LogP contribution in [0.3, 0.4) is 0 Å². The van der Waals surface area contributed by atoms with Crippen molar-refractivity contribution >= 4 is 15.9 Å². The van der Waals surface area contributed by atoms with Crippen LogP contribution in [-0.2, 0) is 21.4 Å². The summed E-state index contributed by atoms with van der Waals surface area (Å²) in [6.07, 6.45) is 1.34. The molecule has 0 aliphatic carbocycles. The van der Waals surface area contributed by atoms with Crippen LogP contribution in [-0.4, -0.2) is 66.7 Å². The lowest BCUT2D eigenvalue weighted by atomic mass is 9.98. The molecule has 1 aliphatic rings. The molecule has 0 unspecified atom stereocenters. The molecule has 158 valence electrons. The van der Waals surface area contributed by atoms with Crippen molar-refractivity contribution in [1.82, 2.24) is 19.3 Å². The summed E-state index contributed by atoms with van der Waals surface area (Å²) in [4.78, 5) is 18.7. The number of benzene rings is 1. The van der Waals surface area contributed by atoms with Crippen molar-refractivity contribution in [2.75, 3.05) is 33.0 Å². The van der Waals surface area contributed by atoms with E-state index in [1.165, 1.54) is 9.21 Å². The molecule has 9 nitrogen and oxygen atoms in total. The van der Waals surface area contributed by atoms with E-state index in [1.54, 1.807) is 33.2 Å². The number of hydrogen-bond donors (Lipinski definition) is 0. The van der Waals surface area contributed by atoms with Crippen molar-refractivity contribution < 1.29 is 22.5 Å². The zero-order valence-electron chi connectivity index (χ0n) is 16.9. The van der Waals surface area contributed by atoms with Gasteiger partial charge in [0.1, 0.15) is 5.75 Å². The second kappa shape index (κ2) is 8.91. The second-order valence-corrected chi connectivity index (χ2v) is 9.29. The number of carbonyl (C=O) groups is 1. The number of ether oxygens (including phenoxy) is 1. The minimum Gasteiger partial charge on any atom is -0.497 e. The SMILES string of the molecule is CCS(=O)(=O)N1CCC[C@H](C(=O)N(C)Cc2nc(-c3ccc(OC)cc3)no2)C1. The molecular weight excluding hydrogens is 396 g/mol. The summed E-state index contributed by atoms with van der Waals surface area (Å²) in [6.45, 7) is 2.47. The first kappa shape index (κ1) is 21.3. The molecule has 1 saturated heterocycles. The normalized spacial score (nSPS) is 17.8. The minimum absolute atomic E-state index is 0.0415. The molecule has 0 radical (unpaired) electrons. The number of methoxy groups -OCH3 is 1. The molecule has 2 heterocycles. The highest BCUT2D eigenvalue weighted by Gasteiger charge is 2.33. The van der Waals surface area contributed by atoms with Crippen LogP contribution in [0.1, 0.15) is 25.7 Å². The molecule has 0 N–H and O–H groups in total. The fourth-order valence-electron chi connectivity index (χ4n) is 3.35. The molecule has 2 aromatic rings. The van der Waals surface area contributed by atoms with E-state index < -0.39 is 10.0 Å². The van der Waals surface area contributed by atoms with Gasteiger partial charge in [-0.3, -0.25) is 4.79 Å². The summed E-state index contributed by atoms with van der Waals surface area (Å²) in [6, 6.07) is 7.26. The molecule has 1 atom stereocenters. The van der Waals surface area contributed by atoms with Crippen LogP contribution >= 0.6 is 0 Å². The van der Waals surface area contributed by atoms with Crippen LogP contribution in [0.25, 0.3) is 11.4 Å². The maximum absolute atomic E-state index is 12.8. The highest BCUT2D eigenvalue weighted by Crippen LogP contribution is 2.23. The zero-order chi connectivity index (χ0) is 21.0. The third kappa shape index (κ3) is 4.94. The van der Waals surface area contributed by atoms with Gasteiger partial charge < -0.3 is 14.2 Å². The fourth-order valence-corrected chi connectivity index (χ4v) is 4.53. The van der Waals surface area contributed by atoms with Gasteiger partial charge in [0.05, 0.1) is 25.3 Å². The Kier molecular flexibility index (Phi) is 6.53. The van der Waals surface area contributed by atoms with Gasteiger partial charge in [-0.25, -0.2) is 12.7 Å². The van der Waals surface area contributed by atoms with Gasteiger partial charge in [0.2, 0.25) is 27.6 Å². The lowest BCUT2D eigenvalue weighted by molar-refractivity contribution is -0.136. The molecule has 1 fully saturated rings. The smallest absolute Gasteiger partial charge is 0.246 e. The van der Waals surface area contributed by atoms with Gasteiger partial charge >= 0.3 is 0 Å². The lowest BCUT2D eigenvalue weighted by Gasteiger charge is -2.32. The zero-order valence-corrected chi connectivity index (χ0v) is 17.7. The van der Waals surface area contributed by atoms with Crippen molar-refractivity contribution in [3.05, 3.63) is 30.2 Å². The summed E-state index contributed by atoms with van der Waals surface area (Å²) in [5.74, 6) is 1.04. The van der Waals surface area contributed by atoms with E-state index in [-0.39, 0.29) is 30.7 Å². The van der Waals surface area contributed by atoms with E-state index in [2.05, 4.69) is 10.1 Å². The monoisotopic (exact) mass is 422 g/mol. The van der Waals surface area contributed by atoms with Crippen LogP contribution < -0.4 is 4.74 Å². The second-order valence-electron chi connectivity index (χ2n) is 7.03. The van der Waals surface area contributed by atoms with Crippen LogP contribution in [0.15, 0.2) is 28.8 Å². The highest BCUT2D eigenvalue weighted by atomic mass is 32.2. The predicted octanol–water partition coefficient (Wildman–Crippen LogP) is 1.77. The number of carbonyl (C=O) groups excluding carboxylic acids is 1. The van der Waals surface area contributed by atoms with Gasteiger partial charge in [-0.05, 0) is 44.0 Å². The standard InChI is InChI=1S/C19H26N4O5S/c1-4-29(25,26)23-11-5-6-15(12-23)19(24)22(2)13-17-20-18(21-28-17)14-7-9-16(27-3)10-8-14/h7-10,15H,4-6,11-13H2,1-3H3/t15-/m0/s1. The first-order valence-electron chi connectivity index (χ1n) is 9.54. The van der Waals surface area contributed by atoms with Crippen LogP contribution in [0.5, 0.6) is 5.75 Å². The van der Waals surface area contributed by atoms with E-state index >= 15 is 0 Å². The summed E-state index contributed by atoms with van der Waals surface area (Å²) in [5, 5.41) is 3.97. The van der Waals surface area contributed by atoms with Gasteiger partial charge in [-0.2, -0.15) is 4.98 Å². The van der Waals surface area contributed by atoms with E-state index in [0.29, 0.717) is 31.1 Å². The molecule has 1 amide bonds. The van der Waals surface area contributed by atoms with Gasteiger partial charge in [0.25, 0.3) is 0 Å².